The molecular formula is C22H30FIN6O2. The second-order valence-corrected chi connectivity index (χ2v) is 8.92. The summed E-state index contributed by atoms with van der Waals surface area (Å²) in [4.78, 5) is 25.0. The summed E-state index contributed by atoms with van der Waals surface area (Å²) in [7, 11) is 0. The third kappa shape index (κ3) is 5.33. The van der Waals surface area contributed by atoms with E-state index in [-0.39, 0.29) is 41.9 Å². The number of aromatic nitrogens is 2. The summed E-state index contributed by atoms with van der Waals surface area (Å²) >= 11 is 0. The summed E-state index contributed by atoms with van der Waals surface area (Å²) in [5.74, 6) is 1.24. The lowest BCUT2D eigenvalue weighted by Gasteiger charge is -2.39. The summed E-state index contributed by atoms with van der Waals surface area (Å²) < 4.78 is 21.8. The first-order valence-electron chi connectivity index (χ1n) is 10.5. The minimum atomic E-state index is -0.505. The number of carbonyl (C=O) groups excluding carboxylic acids is 1. The van der Waals surface area contributed by atoms with Gasteiger partial charge < -0.3 is 24.4 Å². The van der Waals surface area contributed by atoms with Crippen LogP contribution in [-0.2, 0) is 11.3 Å². The lowest BCUT2D eigenvalue weighted by Crippen LogP contribution is -2.57. The van der Waals surface area contributed by atoms with E-state index in [2.05, 4.69) is 20.2 Å². The van der Waals surface area contributed by atoms with E-state index in [1.165, 1.54) is 6.07 Å². The van der Waals surface area contributed by atoms with Gasteiger partial charge in [0.1, 0.15) is 17.2 Å². The first-order chi connectivity index (χ1) is 14.7. The molecule has 8 nitrogen and oxygen atoms in total. The van der Waals surface area contributed by atoms with Crippen LogP contribution in [0.4, 0.5) is 9.18 Å². The maximum atomic E-state index is 14.6. The molecule has 1 unspecified atom stereocenters. The zero-order valence-electron chi connectivity index (χ0n) is 18.8. The van der Waals surface area contributed by atoms with Crippen molar-refractivity contribution in [1.29, 1.82) is 0 Å². The van der Waals surface area contributed by atoms with Crippen LogP contribution in [0, 0.1) is 12.7 Å². The molecule has 0 saturated carbocycles. The van der Waals surface area contributed by atoms with Crippen LogP contribution in [-0.4, -0.2) is 69.2 Å². The number of imidazole rings is 1. The predicted octanol–water partition coefficient (Wildman–Crippen LogP) is 3.32. The number of aliphatic imine (C=N–C) groups is 1. The molecule has 0 bridgehead atoms. The van der Waals surface area contributed by atoms with Crippen molar-refractivity contribution in [2.24, 2.45) is 4.99 Å². The van der Waals surface area contributed by atoms with E-state index in [0.717, 1.165) is 17.3 Å². The number of ether oxygens (including phenoxy) is 1. The fourth-order valence-corrected chi connectivity index (χ4v) is 3.89. The van der Waals surface area contributed by atoms with Gasteiger partial charge in [0, 0.05) is 38.6 Å². The Kier molecular flexibility index (Phi) is 7.31. The van der Waals surface area contributed by atoms with E-state index in [1.54, 1.807) is 27.9 Å². The second kappa shape index (κ2) is 9.63. The van der Waals surface area contributed by atoms with E-state index in [1.807, 2.05) is 33.8 Å². The van der Waals surface area contributed by atoms with Crippen molar-refractivity contribution in [3.8, 4) is 5.69 Å². The Balaban J connectivity index is 0.00000289. The summed E-state index contributed by atoms with van der Waals surface area (Å²) in [5.41, 5.74) is 0.807. The van der Waals surface area contributed by atoms with Gasteiger partial charge in [0.25, 0.3) is 0 Å². The van der Waals surface area contributed by atoms with E-state index in [4.69, 9.17) is 4.74 Å². The number of hydrogen-bond donors (Lipinski definition) is 1. The number of amides is 1. The highest BCUT2D eigenvalue weighted by molar-refractivity contribution is 14.0. The zero-order chi connectivity index (χ0) is 22.2. The minimum absolute atomic E-state index is 0. The third-order valence-electron chi connectivity index (χ3n) is 5.41. The van der Waals surface area contributed by atoms with Gasteiger partial charge in [0.05, 0.1) is 18.3 Å². The zero-order valence-corrected chi connectivity index (χ0v) is 21.2. The molecule has 1 amide bonds. The van der Waals surface area contributed by atoms with Crippen molar-refractivity contribution >= 4 is 36.0 Å². The molecule has 1 aromatic carbocycles. The van der Waals surface area contributed by atoms with E-state index in [9.17, 15) is 9.18 Å². The Morgan fingerprint density at radius 2 is 2.09 bits per heavy atom. The molecule has 4 rings (SSSR count). The number of nitrogens with zero attached hydrogens (tertiary/aromatic N) is 5. The summed E-state index contributed by atoms with van der Waals surface area (Å²) in [6.45, 7) is 10.4. The SMILES string of the molecule is Cc1nccn1-c1ccc(CNC2=NCC3CN(C(=O)OC(C)(C)C)CCN23)cc1F.I. The third-order valence-corrected chi connectivity index (χ3v) is 5.41. The molecule has 3 heterocycles. The van der Waals surface area contributed by atoms with Crippen LogP contribution in [0.1, 0.15) is 32.2 Å². The summed E-state index contributed by atoms with van der Waals surface area (Å²) in [6.07, 6.45) is 3.12. The van der Waals surface area contributed by atoms with Crippen molar-refractivity contribution in [3.05, 3.63) is 47.8 Å². The highest BCUT2D eigenvalue weighted by Gasteiger charge is 2.36. The fourth-order valence-electron chi connectivity index (χ4n) is 3.89. The van der Waals surface area contributed by atoms with Crippen molar-refractivity contribution < 1.29 is 13.9 Å². The number of piperazine rings is 1. The highest BCUT2D eigenvalue weighted by atomic mass is 127. The molecule has 10 heteroatoms. The van der Waals surface area contributed by atoms with Crippen LogP contribution in [0.25, 0.3) is 5.69 Å². The monoisotopic (exact) mass is 556 g/mol. The van der Waals surface area contributed by atoms with Crippen molar-refractivity contribution in [1.82, 2.24) is 24.7 Å². The van der Waals surface area contributed by atoms with Gasteiger partial charge >= 0.3 is 6.09 Å². The van der Waals surface area contributed by atoms with Crippen LogP contribution in [0.2, 0.25) is 0 Å². The van der Waals surface area contributed by atoms with E-state index < -0.39 is 5.60 Å². The van der Waals surface area contributed by atoms with Gasteiger partial charge in [-0.05, 0) is 45.4 Å². The summed E-state index contributed by atoms with van der Waals surface area (Å²) in [6, 6.07) is 5.33. The van der Waals surface area contributed by atoms with Gasteiger partial charge in [-0.15, -0.1) is 24.0 Å². The van der Waals surface area contributed by atoms with Crippen molar-refractivity contribution in [2.75, 3.05) is 26.2 Å². The molecule has 1 fully saturated rings. The molecule has 32 heavy (non-hydrogen) atoms. The van der Waals surface area contributed by atoms with Gasteiger partial charge in [0.15, 0.2) is 5.96 Å². The number of halogens is 2. The highest BCUT2D eigenvalue weighted by Crippen LogP contribution is 2.20. The predicted molar refractivity (Wildman–Crippen MR) is 131 cm³/mol. The normalized spacial score (nSPS) is 18.0. The number of guanidine groups is 1. The second-order valence-electron chi connectivity index (χ2n) is 8.92. The molecule has 0 radical (unpaired) electrons. The first-order valence-corrected chi connectivity index (χ1v) is 10.5. The largest absolute Gasteiger partial charge is 0.444 e. The van der Waals surface area contributed by atoms with E-state index >= 15 is 0 Å². The van der Waals surface area contributed by atoms with Crippen LogP contribution in [0.5, 0.6) is 0 Å². The molecule has 1 aromatic heterocycles. The molecule has 0 spiro atoms. The van der Waals surface area contributed by atoms with Crippen LogP contribution < -0.4 is 5.32 Å². The molecular weight excluding hydrogens is 526 g/mol. The maximum absolute atomic E-state index is 14.6. The van der Waals surface area contributed by atoms with Gasteiger partial charge in [-0.25, -0.2) is 14.2 Å². The number of nitrogens with one attached hydrogen (secondary N) is 1. The molecule has 1 atom stereocenters. The number of carbonyl (C=O) groups is 1. The molecule has 0 aliphatic carbocycles. The lowest BCUT2D eigenvalue weighted by atomic mass is 10.2. The van der Waals surface area contributed by atoms with Crippen LogP contribution >= 0.6 is 24.0 Å². The van der Waals surface area contributed by atoms with Gasteiger partial charge in [-0.3, -0.25) is 4.99 Å². The maximum Gasteiger partial charge on any atom is 0.410 e. The smallest absolute Gasteiger partial charge is 0.410 e. The number of aryl methyl sites for hydroxylation is 1. The Morgan fingerprint density at radius 3 is 2.75 bits per heavy atom. The Hall–Kier alpha value is -2.37. The molecule has 174 valence electrons. The van der Waals surface area contributed by atoms with Crippen LogP contribution in [0.15, 0.2) is 35.6 Å². The minimum Gasteiger partial charge on any atom is -0.444 e. The first kappa shape index (κ1) is 24.3. The Morgan fingerprint density at radius 1 is 1.31 bits per heavy atom. The lowest BCUT2D eigenvalue weighted by molar-refractivity contribution is 0.0137. The molecule has 2 aliphatic rings. The number of rotatable bonds is 3. The Labute approximate surface area is 204 Å². The topological polar surface area (TPSA) is 75.0 Å². The number of fused-ring (bicyclic) bond motifs is 1. The quantitative estimate of drug-likeness (QED) is 0.588. The van der Waals surface area contributed by atoms with Gasteiger partial charge in [-0.1, -0.05) is 6.07 Å². The molecule has 1 saturated heterocycles. The molecule has 1 N–H and O–H groups in total. The Bertz CT molecular complexity index is 1000. The van der Waals surface area contributed by atoms with E-state index in [0.29, 0.717) is 38.4 Å². The average molecular weight is 556 g/mol. The van der Waals surface area contributed by atoms with Crippen LogP contribution in [0.3, 0.4) is 0 Å². The number of hydrogen-bond acceptors (Lipinski definition) is 6. The average Bonchev–Trinajstić information content (AvgIpc) is 3.30. The van der Waals surface area contributed by atoms with Gasteiger partial charge in [-0.2, -0.15) is 0 Å². The molecule has 2 aliphatic heterocycles. The number of benzene rings is 1. The summed E-state index contributed by atoms with van der Waals surface area (Å²) in [5, 5.41) is 3.33. The van der Waals surface area contributed by atoms with Crippen molar-refractivity contribution in [3.63, 3.8) is 0 Å². The van der Waals surface area contributed by atoms with Crippen molar-refractivity contribution in [2.45, 2.75) is 45.9 Å². The fraction of sp³-hybridized carbons (Fsp3) is 0.500. The van der Waals surface area contributed by atoms with Gasteiger partial charge in [0.2, 0.25) is 0 Å². The molecule has 2 aromatic rings. The standard InChI is InChI=1S/C22H29FN6O2.HI/c1-15-24-7-8-28(15)19-6-5-16(11-18(19)23)12-25-20-26-13-17-14-27(9-10-29(17)20)21(30)31-22(2,3)4;/h5-8,11,17H,9-10,12-14H2,1-4H3,(H,25,26);1H.